The van der Waals surface area contributed by atoms with Gasteiger partial charge >= 0.3 is 0 Å². The van der Waals surface area contributed by atoms with Crippen LogP contribution in [0.1, 0.15) is 23.7 Å². The molecule has 1 aromatic heterocycles. The highest BCUT2D eigenvalue weighted by Gasteiger charge is 2.34. The second kappa shape index (κ2) is 9.78. The van der Waals surface area contributed by atoms with Crippen LogP contribution in [0.15, 0.2) is 52.4 Å². The van der Waals surface area contributed by atoms with E-state index in [9.17, 15) is 32.3 Å². The topological polar surface area (TPSA) is 129 Å². The lowest BCUT2D eigenvalue weighted by Crippen LogP contribution is -2.42. The number of carboxylic acids is 1. The summed E-state index contributed by atoms with van der Waals surface area (Å²) in [6, 6.07) is 8.84. The number of thioether (sulfide) groups is 1. The minimum atomic E-state index is -3.19. The average Bonchev–Trinajstić information content (AvgIpc) is 3.17. The van der Waals surface area contributed by atoms with Gasteiger partial charge in [-0.05, 0) is 43.2 Å². The van der Waals surface area contributed by atoms with E-state index in [-0.39, 0.29) is 50.5 Å². The van der Waals surface area contributed by atoms with Crippen molar-refractivity contribution in [3.8, 4) is 5.69 Å². The van der Waals surface area contributed by atoms with Gasteiger partial charge in [0.2, 0.25) is 5.91 Å². The molecule has 12 heteroatoms. The first-order valence-electron chi connectivity index (χ1n) is 10.8. The monoisotopic (exact) mass is 518 g/mol. The van der Waals surface area contributed by atoms with Crippen molar-refractivity contribution in [1.82, 2.24) is 14.5 Å². The Bertz CT molecular complexity index is 1490. The van der Waals surface area contributed by atoms with Gasteiger partial charge in [0.1, 0.15) is 5.82 Å². The van der Waals surface area contributed by atoms with E-state index in [0.29, 0.717) is 13.0 Å². The summed E-state index contributed by atoms with van der Waals surface area (Å²) in [5, 5.41) is 11.3. The molecular formula is C23H21FN3O6S2-. The number of benzene rings is 2. The maximum absolute atomic E-state index is 14.6. The number of rotatable bonds is 7. The molecule has 1 amide bonds. The molecule has 1 atom stereocenters. The third-order valence-electron chi connectivity index (χ3n) is 5.80. The fourth-order valence-corrected chi connectivity index (χ4v) is 6.73. The Hall–Kier alpha value is -3.25. The van der Waals surface area contributed by atoms with E-state index in [1.54, 1.807) is 13.0 Å². The lowest BCUT2D eigenvalue weighted by atomic mass is 10.1. The van der Waals surface area contributed by atoms with E-state index in [0.717, 1.165) is 16.3 Å². The second-order valence-electron chi connectivity index (χ2n) is 8.03. The zero-order valence-electron chi connectivity index (χ0n) is 18.6. The molecule has 0 radical (unpaired) electrons. The molecule has 0 N–H and O–H groups in total. The van der Waals surface area contributed by atoms with Crippen LogP contribution >= 0.6 is 11.8 Å². The highest BCUT2D eigenvalue weighted by Crippen LogP contribution is 2.25. The Kier molecular flexibility index (Phi) is 6.95. The summed E-state index contributed by atoms with van der Waals surface area (Å²) >= 11 is 0.886. The predicted molar refractivity (Wildman–Crippen MR) is 127 cm³/mol. The standard InChI is InChI=1S/C23H22FN3O6S2/c1-2-26(15-9-10-35(32,33)13-15)20(28)12-34-23-25-18-11-14(22(30)31)7-8-16(18)21(29)27(23)19-6-4-3-5-17(19)24/h3-8,11,15H,2,9-10,12-13H2,1H3,(H,30,31)/p-1/t15-/m0/s1. The summed E-state index contributed by atoms with van der Waals surface area (Å²) < 4.78 is 39.4. The molecular weight excluding hydrogens is 497 g/mol. The average molecular weight is 519 g/mol. The molecule has 0 unspecified atom stereocenters. The van der Waals surface area contributed by atoms with Gasteiger partial charge in [0.05, 0.1) is 39.8 Å². The Morgan fingerprint density at radius 3 is 2.63 bits per heavy atom. The number of nitrogens with zero attached hydrogens (tertiary/aromatic N) is 3. The summed E-state index contributed by atoms with van der Waals surface area (Å²) in [5.41, 5.74) is -0.817. The quantitative estimate of drug-likeness (QED) is 0.335. The summed E-state index contributed by atoms with van der Waals surface area (Å²) in [7, 11) is -3.19. The summed E-state index contributed by atoms with van der Waals surface area (Å²) in [4.78, 5) is 43.4. The van der Waals surface area contributed by atoms with Crippen LogP contribution in [0.2, 0.25) is 0 Å². The molecule has 2 heterocycles. The number of aromatic carboxylic acids is 1. The van der Waals surface area contributed by atoms with Crippen LogP contribution in [-0.4, -0.2) is 64.6 Å². The van der Waals surface area contributed by atoms with Gasteiger partial charge in [-0.1, -0.05) is 30.0 Å². The van der Waals surface area contributed by atoms with Gasteiger partial charge in [-0.25, -0.2) is 17.8 Å². The largest absolute Gasteiger partial charge is 0.545 e. The number of hydrogen-bond acceptors (Lipinski definition) is 8. The molecule has 184 valence electrons. The predicted octanol–water partition coefficient (Wildman–Crippen LogP) is 1.02. The number of fused-ring (bicyclic) bond motifs is 1. The van der Waals surface area contributed by atoms with Gasteiger partial charge in [0.15, 0.2) is 15.0 Å². The van der Waals surface area contributed by atoms with Crippen molar-refractivity contribution in [2.45, 2.75) is 24.5 Å². The number of carboxylic acid groups (broad SMARTS) is 1. The number of hydrogen-bond donors (Lipinski definition) is 0. The highest BCUT2D eigenvalue weighted by atomic mass is 32.2. The van der Waals surface area contributed by atoms with Crippen molar-refractivity contribution in [2.75, 3.05) is 23.8 Å². The van der Waals surface area contributed by atoms with E-state index in [2.05, 4.69) is 4.98 Å². The smallest absolute Gasteiger partial charge is 0.266 e. The van der Waals surface area contributed by atoms with Crippen LogP contribution in [0.25, 0.3) is 16.6 Å². The molecule has 1 aliphatic rings. The zero-order chi connectivity index (χ0) is 25.3. The van der Waals surface area contributed by atoms with Crippen LogP contribution in [0.5, 0.6) is 0 Å². The first kappa shape index (κ1) is 24.9. The summed E-state index contributed by atoms with van der Waals surface area (Å²) in [5.74, 6) is -2.73. The van der Waals surface area contributed by atoms with Gasteiger partial charge in [-0.3, -0.25) is 14.2 Å². The SMILES string of the molecule is CCN(C(=O)CSc1nc2cc(C(=O)[O-])ccc2c(=O)n1-c1ccccc1F)[C@H]1CCS(=O)(=O)C1. The number of halogens is 1. The molecule has 1 saturated heterocycles. The number of para-hydroxylation sites is 1. The molecule has 1 aliphatic heterocycles. The first-order chi connectivity index (χ1) is 16.6. The van der Waals surface area contributed by atoms with Gasteiger partial charge < -0.3 is 14.8 Å². The Morgan fingerprint density at radius 1 is 1.26 bits per heavy atom. The lowest BCUT2D eigenvalue weighted by Gasteiger charge is -2.26. The normalized spacial score (nSPS) is 16.9. The molecule has 3 aromatic rings. The van der Waals surface area contributed by atoms with Crippen molar-refractivity contribution in [3.05, 3.63) is 64.2 Å². The number of sulfone groups is 1. The van der Waals surface area contributed by atoms with Gasteiger partial charge in [0, 0.05) is 12.6 Å². The van der Waals surface area contributed by atoms with E-state index in [4.69, 9.17) is 0 Å². The maximum atomic E-state index is 14.6. The van der Waals surface area contributed by atoms with Crippen molar-refractivity contribution >= 4 is 44.4 Å². The molecule has 0 bridgehead atoms. The molecule has 0 spiro atoms. The van der Waals surface area contributed by atoms with E-state index in [1.165, 1.54) is 41.3 Å². The number of carbonyl (C=O) groups is 2. The van der Waals surface area contributed by atoms with E-state index >= 15 is 0 Å². The first-order valence-corrected chi connectivity index (χ1v) is 13.6. The van der Waals surface area contributed by atoms with Gasteiger partial charge in [0.25, 0.3) is 5.56 Å². The minimum Gasteiger partial charge on any atom is -0.545 e. The third kappa shape index (κ3) is 5.08. The van der Waals surface area contributed by atoms with Crippen molar-refractivity contribution in [1.29, 1.82) is 0 Å². The summed E-state index contributed by atoms with van der Waals surface area (Å²) in [6.07, 6.45) is 0.354. The van der Waals surface area contributed by atoms with E-state index < -0.39 is 33.2 Å². The summed E-state index contributed by atoms with van der Waals surface area (Å²) in [6.45, 7) is 2.05. The van der Waals surface area contributed by atoms with Crippen LogP contribution in [-0.2, 0) is 14.6 Å². The number of amides is 1. The molecule has 2 aromatic carbocycles. The van der Waals surface area contributed by atoms with Gasteiger partial charge in [-0.15, -0.1) is 0 Å². The molecule has 0 saturated carbocycles. The van der Waals surface area contributed by atoms with Crippen molar-refractivity contribution < 1.29 is 27.5 Å². The molecule has 1 fully saturated rings. The second-order valence-corrected chi connectivity index (χ2v) is 11.2. The lowest BCUT2D eigenvalue weighted by molar-refractivity contribution is -0.255. The third-order valence-corrected chi connectivity index (χ3v) is 8.48. The minimum absolute atomic E-state index is 0.00783. The van der Waals surface area contributed by atoms with Crippen molar-refractivity contribution in [2.24, 2.45) is 0 Å². The zero-order valence-corrected chi connectivity index (χ0v) is 20.3. The fourth-order valence-electron chi connectivity index (χ4n) is 4.10. The van der Waals surface area contributed by atoms with Crippen molar-refractivity contribution in [3.63, 3.8) is 0 Å². The molecule has 0 aliphatic carbocycles. The Morgan fingerprint density at radius 2 is 2.00 bits per heavy atom. The molecule has 9 nitrogen and oxygen atoms in total. The number of carbonyl (C=O) groups excluding carboxylic acids is 2. The molecule has 35 heavy (non-hydrogen) atoms. The number of aromatic nitrogens is 2. The fraction of sp³-hybridized carbons (Fsp3) is 0.304. The van der Waals surface area contributed by atoms with E-state index in [1.807, 2.05) is 0 Å². The molecule has 4 rings (SSSR count). The van der Waals surface area contributed by atoms with Crippen LogP contribution in [0, 0.1) is 5.82 Å². The van der Waals surface area contributed by atoms with Gasteiger partial charge in [-0.2, -0.15) is 0 Å². The van der Waals surface area contributed by atoms with Crippen LogP contribution in [0.4, 0.5) is 4.39 Å². The maximum Gasteiger partial charge on any atom is 0.266 e. The van der Waals surface area contributed by atoms with Crippen LogP contribution in [0.3, 0.4) is 0 Å². The Labute approximate surface area is 204 Å². The highest BCUT2D eigenvalue weighted by molar-refractivity contribution is 7.99. The Balaban J connectivity index is 1.74. The van der Waals surface area contributed by atoms with Crippen LogP contribution < -0.4 is 10.7 Å².